The van der Waals surface area contributed by atoms with E-state index in [1.165, 1.54) is 86.9 Å². The highest BCUT2D eigenvalue weighted by molar-refractivity contribution is 6.27. The zero-order valence-electron chi connectivity index (χ0n) is 58.0. The molecule has 0 bridgehead atoms. The highest BCUT2D eigenvalue weighted by atomic mass is 16.5. The van der Waals surface area contributed by atoms with Gasteiger partial charge in [0.25, 0.3) is 0 Å². The summed E-state index contributed by atoms with van der Waals surface area (Å²) in [6.07, 6.45) is 5.56. The summed E-state index contributed by atoms with van der Waals surface area (Å²) in [6.45, 7) is 0. The smallest absolute Gasteiger partial charge is 0.136 e. The van der Waals surface area contributed by atoms with Crippen LogP contribution in [0.3, 0.4) is 0 Å². The topological polar surface area (TPSA) is 105 Å². The fourth-order valence-electron chi connectivity index (χ4n) is 17.0. The second-order valence-corrected chi connectivity index (χ2v) is 27.8. The molecular formula is C101H57N5O2. The third-order valence-electron chi connectivity index (χ3n) is 21.9. The molecule has 0 amide bonds. The van der Waals surface area contributed by atoms with Gasteiger partial charge in [0.2, 0.25) is 0 Å². The second-order valence-electron chi connectivity index (χ2n) is 27.8. The fraction of sp³-hybridized carbons (Fsp3) is 0. The van der Waals surface area contributed by atoms with Crippen LogP contribution in [0.25, 0.3) is 197 Å². The number of nitriles is 2. The number of ether oxygens (including phenoxy) is 2. The highest BCUT2D eigenvalue weighted by Gasteiger charge is 2.27. The van der Waals surface area contributed by atoms with Gasteiger partial charge < -0.3 is 9.47 Å². The first-order chi connectivity index (χ1) is 53.4. The molecular weight excluding hydrogens is 1320 g/mol. The first-order valence-corrected chi connectivity index (χ1v) is 36.2. The number of nitrogens with zero attached hydrogens (tertiary/aromatic N) is 5. The van der Waals surface area contributed by atoms with Gasteiger partial charge in [0, 0.05) is 62.6 Å². The third kappa shape index (κ3) is 9.99. The molecule has 0 aliphatic carbocycles. The van der Waals surface area contributed by atoms with Crippen molar-refractivity contribution < 1.29 is 9.47 Å². The minimum absolute atomic E-state index is 0.582. The predicted molar refractivity (Wildman–Crippen MR) is 442 cm³/mol. The zero-order chi connectivity index (χ0) is 71.5. The van der Waals surface area contributed by atoms with E-state index >= 15 is 0 Å². The normalized spacial score (nSPS) is 11.8. The summed E-state index contributed by atoms with van der Waals surface area (Å²) < 4.78 is 12.9. The Morgan fingerprint density at radius 3 is 1.05 bits per heavy atom. The van der Waals surface area contributed by atoms with Gasteiger partial charge in [-0.2, -0.15) is 10.5 Å². The number of benzene rings is 17. The summed E-state index contributed by atoms with van der Waals surface area (Å²) >= 11 is 0. The maximum Gasteiger partial charge on any atom is 0.136 e. The molecule has 0 fully saturated rings. The van der Waals surface area contributed by atoms with Gasteiger partial charge in [-0.15, -0.1) is 0 Å². The lowest BCUT2D eigenvalue weighted by Crippen LogP contribution is -1.98. The van der Waals surface area contributed by atoms with E-state index in [1.54, 1.807) is 0 Å². The minimum atomic E-state index is 0.582. The van der Waals surface area contributed by atoms with Crippen molar-refractivity contribution in [2.24, 2.45) is 0 Å². The van der Waals surface area contributed by atoms with Crippen LogP contribution in [0.1, 0.15) is 11.1 Å². The summed E-state index contributed by atoms with van der Waals surface area (Å²) in [4.78, 5) is 14.2. The quantitative estimate of drug-likeness (QED) is 0.146. The van der Waals surface area contributed by atoms with Crippen LogP contribution in [-0.2, 0) is 0 Å². The van der Waals surface area contributed by atoms with Gasteiger partial charge in [-0.25, -0.2) is 0 Å². The second kappa shape index (κ2) is 24.9. The van der Waals surface area contributed by atoms with Crippen molar-refractivity contribution in [2.75, 3.05) is 0 Å². The molecule has 0 atom stereocenters. The van der Waals surface area contributed by atoms with Crippen LogP contribution in [0.15, 0.2) is 346 Å². The average molecular weight is 1370 g/mol. The van der Waals surface area contributed by atoms with E-state index in [9.17, 15) is 10.5 Å². The molecule has 0 saturated heterocycles. The first kappa shape index (κ1) is 61.7. The molecule has 17 aromatic carbocycles. The Morgan fingerprint density at radius 1 is 0.213 bits per heavy atom. The maximum atomic E-state index is 9.55. The SMILES string of the molecule is N#Cc1ccc2c(c1)Oc1cccc3c(-c4cc5c6ccccc6c(-c6cc(-c7ccccn7)cc(-c7ccccn7)c6)cc5c5ccccc45)ccc-2c13.N#Cc1ccc2c(c1)Oc1cccc3c(-c4cc5c6ccccc6c(-c6ccc(-c7cccc8cccnc78)cc6)cc5c5ccccc45)ccc-2c13. The summed E-state index contributed by atoms with van der Waals surface area (Å²) in [7, 11) is 0. The van der Waals surface area contributed by atoms with E-state index in [1.807, 2.05) is 97.5 Å². The molecule has 498 valence electrons. The van der Waals surface area contributed by atoms with E-state index < -0.39 is 0 Å². The zero-order valence-corrected chi connectivity index (χ0v) is 58.0. The molecule has 5 heterocycles. The van der Waals surface area contributed by atoms with Crippen LogP contribution < -0.4 is 9.47 Å². The molecule has 7 heteroatoms. The number of rotatable bonds is 7. The van der Waals surface area contributed by atoms with Crippen LogP contribution in [-0.4, -0.2) is 15.0 Å². The number of aromatic nitrogens is 3. The van der Waals surface area contributed by atoms with E-state index in [0.717, 1.165) is 128 Å². The lowest BCUT2D eigenvalue weighted by Gasteiger charge is -2.23. The Kier molecular flexibility index (Phi) is 14.3. The monoisotopic (exact) mass is 1370 g/mol. The standard InChI is InChI=1S/C51H29N3O.C50H28N2O/c52-30-31-18-19-40-42-21-20-39(41-14-9-17-49(51(41)42)55-50(40)24-31)44-29-46-36-11-2-1-10-35(36)43(28-45(46)38-13-4-3-12-37(38)44)32-25-33(47-15-5-7-22-53-47)27-34(26-32)48-16-6-8-23-54-48;51-29-30-17-22-40-42-24-23-39(41-15-6-16-47(49(41)42)53-48(40)26-30)44-28-46-36-11-2-1-10-35(36)43(27-45(46)38-13-4-3-12-37(38)44)32-20-18-31(19-21-32)34-14-5-8-33-9-7-25-52-50(33)34/h1-29H;1-28H. The Labute approximate surface area is 621 Å². The molecule has 0 saturated carbocycles. The van der Waals surface area contributed by atoms with Gasteiger partial charge >= 0.3 is 0 Å². The average Bonchev–Trinajstić information content (AvgIpc) is 0.724. The van der Waals surface area contributed by atoms with Crippen LogP contribution in [0.5, 0.6) is 23.0 Å². The number of hydrogen-bond acceptors (Lipinski definition) is 7. The predicted octanol–water partition coefficient (Wildman–Crippen LogP) is 26.9. The summed E-state index contributed by atoms with van der Waals surface area (Å²) in [5.74, 6) is 3.04. The molecule has 0 spiro atoms. The van der Waals surface area contributed by atoms with E-state index in [-0.39, 0.29) is 0 Å². The minimum Gasteiger partial charge on any atom is -0.456 e. The molecule has 3 aromatic heterocycles. The molecule has 22 rings (SSSR count). The molecule has 108 heavy (non-hydrogen) atoms. The first-order valence-electron chi connectivity index (χ1n) is 36.2. The molecule has 20 aromatic rings. The molecule has 2 aliphatic rings. The van der Waals surface area contributed by atoms with Gasteiger partial charge in [-0.3, -0.25) is 15.0 Å². The molecule has 2 aliphatic heterocycles. The third-order valence-corrected chi connectivity index (χ3v) is 21.9. The van der Waals surface area contributed by atoms with Gasteiger partial charge in [-0.05, 0) is 258 Å². The van der Waals surface area contributed by atoms with Crippen LogP contribution in [0.2, 0.25) is 0 Å². The lowest BCUT2D eigenvalue weighted by atomic mass is 9.85. The van der Waals surface area contributed by atoms with Crippen molar-refractivity contribution in [3.05, 3.63) is 357 Å². The molecule has 0 unspecified atom stereocenters. The van der Waals surface area contributed by atoms with Gasteiger partial charge in [0.15, 0.2) is 0 Å². The molecule has 0 radical (unpaired) electrons. The van der Waals surface area contributed by atoms with E-state index in [2.05, 4.69) is 261 Å². The maximum absolute atomic E-state index is 9.55. The Morgan fingerprint density at radius 2 is 0.583 bits per heavy atom. The number of fused-ring (bicyclic) bond motifs is 15. The fourth-order valence-corrected chi connectivity index (χ4v) is 17.0. The largest absolute Gasteiger partial charge is 0.456 e. The number of para-hydroxylation sites is 1. The molecule has 0 N–H and O–H groups in total. The van der Waals surface area contributed by atoms with Crippen LogP contribution >= 0.6 is 0 Å². The van der Waals surface area contributed by atoms with Crippen LogP contribution in [0.4, 0.5) is 0 Å². The Balaban J connectivity index is 0.000000138. The highest BCUT2D eigenvalue weighted by Crippen LogP contribution is 2.54. The summed E-state index contributed by atoms with van der Waals surface area (Å²) in [5, 5.41) is 39.1. The van der Waals surface area contributed by atoms with Gasteiger partial charge in [0.1, 0.15) is 23.0 Å². The van der Waals surface area contributed by atoms with Crippen molar-refractivity contribution in [2.45, 2.75) is 0 Å². The van der Waals surface area contributed by atoms with E-state index in [4.69, 9.17) is 24.4 Å². The summed E-state index contributed by atoms with van der Waals surface area (Å²) in [6, 6.07) is 120. The van der Waals surface area contributed by atoms with Crippen molar-refractivity contribution in [3.63, 3.8) is 0 Å². The van der Waals surface area contributed by atoms with Crippen molar-refractivity contribution in [1.29, 1.82) is 10.5 Å². The Bertz CT molecular complexity index is 7260. The number of pyridine rings is 3. The number of hydrogen-bond donors (Lipinski definition) is 0. The molecule has 7 nitrogen and oxygen atoms in total. The van der Waals surface area contributed by atoms with Crippen molar-refractivity contribution in [1.82, 2.24) is 15.0 Å². The summed E-state index contributed by atoms with van der Waals surface area (Å²) in [5.41, 5.74) is 22.0. The van der Waals surface area contributed by atoms with Crippen molar-refractivity contribution in [3.8, 4) is 136 Å². The van der Waals surface area contributed by atoms with Crippen molar-refractivity contribution >= 4 is 97.1 Å². The Hall–Kier alpha value is -14.9. The van der Waals surface area contributed by atoms with E-state index in [0.29, 0.717) is 16.9 Å². The van der Waals surface area contributed by atoms with Gasteiger partial charge in [-0.1, -0.05) is 206 Å². The van der Waals surface area contributed by atoms with Crippen LogP contribution in [0, 0.1) is 22.7 Å². The lowest BCUT2D eigenvalue weighted by molar-refractivity contribution is 0.486. The van der Waals surface area contributed by atoms with Gasteiger partial charge in [0.05, 0.1) is 40.2 Å².